The smallest absolute Gasteiger partial charge is 0.254 e. The first-order valence-corrected chi connectivity index (χ1v) is 8.54. The lowest BCUT2D eigenvalue weighted by Crippen LogP contribution is -2.30. The maximum absolute atomic E-state index is 13.0. The molecule has 1 unspecified atom stereocenters. The molecule has 6 nitrogen and oxygen atoms in total. The summed E-state index contributed by atoms with van der Waals surface area (Å²) in [7, 11) is 3.14. The summed E-state index contributed by atoms with van der Waals surface area (Å²) in [5, 5.41) is 4.19. The van der Waals surface area contributed by atoms with Gasteiger partial charge in [-0.25, -0.2) is 0 Å². The molecule has 25 heavy (non-hydrogen) atoms. The molecule has 6 heteroatoms. The minimum Gasteiger partial charge on any atom is -0.493 e. The molecule has 2 heterocycles. The number of hydrogen-bond acceptors (Lipinski definition) is 5. The highest BCUT2D eigenvalue weighted by molar-refractivity contribution is 5.95. The number of nitrogens with zero attached hydrogens (tertiary/aromatic N) is 2. The molecule has 1 aromatic heterocycles. The van der Waals surface area contributed by atoms with Gasteiger partial charge in [-0.2, -0.15) is 0 Å². The molecule has 1 fully saturated rings. The number of hydrogen-bond donors (Lipinski definition) is 0. The predicted molar refractivity (Wildman–Crippen MR) is 93.1 cm³/mol. The molecule has 2 aromatic rings. The van der Waals surface area contributed by atoms with Gasteiger partial charge in [0.25, 0.3) is 5.91 Å². The molecule has 0 saturated carbocycles. The first-order chi connectivity index (χ1) is 12.0. The van der Waals surface area contributed by atoms with Crippen LogP contribution < -0.4 is 9.47 Å². The Morgan fingerprint density at radius 1 is 1.24 bits per heavy atom. The van der Waals surface area contributed by atoms with Gasteiger partial charge in [-0.3, -0.25) is 4.79 Å². The van der Waals surface area contributed by atoms with Crippen LogP contribution in [0.3, 0.4) is 0 Å². The van der Waals surface area contributed by atoms with Gasteiger partial charge >= 0.3 is 0 Å². The van der Waals surface area contributed by atoms with E-state index in [2.05, 4.69) is 19.0 Å². The van der Waals surface area contributed by atoms with Crippen LogP contribution in [0.15, 0.2) is 28.8 Å². The van der Waals surface area contributed by atoms with E-state index in [1.807, 2.05) is 11.0 Å². The summed E-state index contributed by atoms with van der Waals surface area (Å²) >= 11 is 0. The standard InChI is InChI=1S/C19H24N2O4/c1-12(2)17-11-14(20-25-17)15-6-5-9-21(15)19(22)13-7-8-16(23-3)18(10-13)24-4/h7-8,10-12,15H,5-6,9H2,1-4H3. The van der Waals surface area contributed by atoms with Crippen LogP contribution in [0.5, 0.6) is 11.5 Å². The first kappa shape index (κ1) is 17.3. The molecule has 0 spiro atoms. The van der Waals surface area contributed by atoms with Gasteiger partial charge in [-0.1, -0.05) is 19.0 Å². The summed E-state index contributed by atoms with van der Waals surface area (Å²) in [5.74, 6) is 2.25. The molecular formula is C19H24N2O4. The van der Waals surface area contributed by atoms with Crippen molar-refractivity contribution in [2.75, 3.05) is 20.8 Å². The fourth-order valence-corrected chi connectivity index (χ4v) is 3.19. The Morgan fingerprint density at radius 3 is 2.64 bits per heavy atom. The second-order valence-electron chi connectivity index (χ2n) is 6.54. The topological polar surface area (TPSA) is 64.8 Å². The van der Waals surface area contributed by atoms with Gasteiger partial charge in [0.15, 0.2) is 11.5 Å². The van der Waals surface area contributed by atoms with Crippen LogP contribution in [0.1, 0.15) is 60.5 Å². The lowest BCUT2D eigenvalue weighted by Gasteiger charge is -2.23. The van der Waals surface area contributed by atoms with E-state index in [1.165, 1.54) is 0 Å². The van der Waals surface area contributed by atoms with Crippen molar-refractivity contribution in [2.45, 2.75) is 38.6 Å². The van der Waals surface area contributed by atoms with Crippen LogP contribution in [0.25, 0.3) is 0 Å². The van der Waals surface area contributed by atoms with E-state index >= 15 is 0 Å². The molecule has 0 bridgehead atoms. The quantitative estimate of drug-likeness (QED) is 0.825. The Kier molecular flexibility index (Phi) is 4.97. The molecule has 1 aliphatic rings. The van der Waals surface area contributed by atoms with E-state index in [9.17, 15) is 4.79 Å². The number of carbonyl (C=O) groups excluding carboxylic acids is 1. The summed E-state index contributed by atoms with van der Waals surface area (Å²) in [6, 6.07) is 7.16. The van der Waals surface area contributed by atoms with Crippen molar-refractivity contribution >= 4 is 5.91 Å². The van der Waals surface area contributed by atoms with Crippen LogP contribution in [-0.4, -0.2) is 36.7 Å². The zero-order chi connectivity index (χ0) is 18.0. The van der Waals surface area contributed by atoms with Crippen LogP contribution in [-0.2, 0) is 0 Å². The van der Waals surface area contributed by atoms with Crippen molar-refractivity contribution < 1.29 is 18.8 Å². The van der Waals surface area contributed by atoms with Crippen LogP contribution in [0, 0.1) is 0 Å². The van der Waals surface area contributed by atoms with Crippen LogP contribution >= 0.6 is 0 Å². The Bertz CT molecular complexity index is 754. The van der Waals surface area contributed by atoms with E-state index < -0.39 is 0 Å². The third-order valence-electron chi connectivity index (χ3n) is 4.60. The number of methoxy groups -OCH3 is 2. The summed E-state index contributed by atoms with van der Waals surface area (Å²) < 4.78 is 16.0. The monoisotopic (exact) mass is 344 g/mol. The Morgan fingerprint density at radius 2 is 2.00 bits per heavy atom. The van der Waals surface area contributed by atoms with Crippen molar-refractivity contribution in [2.24, 2.45) is 0 Å². The molecule has 1 amide bonds. The average molecular weight is 344 g/mol. The van der Waals surface area contributed by atoms with Crippen LogP contribution in [0.4, 0.5) is 0 Å². The third kappa shape index (κ3) is 3.34. The summed E-state index contributed by atoms with van der Waals surface area (Å²) in [6.07, 6.45) is 1.84. The molecule has 0 aliphatic carbocycles. The van der Waals surface area contributed by atoms with Crippen molar-refractivity contribution in [1.82, 2.24) is 10.1 Å². The minimum absolute atomic E-state index is 0.0300. The first-order valence-electron chi connectivity index (χ1n) is 8.54. The fourth-order valence-electron chi connectivity index (χ4n) is 3.19. The summed E-state index contributed by atoms with van der Waals surface area (Å²) in [4.78, 5) is 14.9. The normalized spacial score (nSPS) is 17.2. The number of ether oxygens (including phenoxy) is 2. The number of rotatable bonds is 5. The number of likely N-dealkylation sites (tertiary alicyclic amines) is 1. The number of aromatic nitrogens is 1. The van der Waals surface area contributed by atoms with Gasteiger partial charge < -0.3 is 18.9 Å². The van der Waals surface area contributed by atoms with E-state index in [-0.39, 0.29) is 17.9 Å². The highest BCUT2D eigenvalue weighted by Gasteiger charge is 2.33. The Hall–Kier alpha value is -2.50. The second kappa shape index (κ2) is 7.17. The maximum atomic E-state index is 13.0. The molecule has 1 aliphatic heterocycles. The molecule has 1 atom stereocenters. The average Bonchev–Trinajstić information content (AvgIpc) is 3.29. The van der Waals surface area contributed by atoms with Gasteiger partial charge in [-0.15, -0.1) is 0 Å². The van der Waals surface area contributed by atoms with Crippen LogP contribution in [0.2, 0.25) is 0 Å². The molecule has 134 valence electrons. The van der Waals surface area contributed by atoms with Crippen molar-refractivity contribution in [1.29, 1.82) is 0 Å². The lowest BCUT2D eigenvalue weighted by molar-refractivity contribution is 0.0730. The van der Waals surface area contributed by atoms with Gasteiger partial charge in [0.1, 0.15) is 11.5 Å². The molecule has 1 saturated heterocycles. The molecule has 0 radical (unpaired) electrons. The summed E-state index contributed by atoms with van der Waals surface area (Å²) in [5.41, 5.74) is 1.41. The summed E-state index contributed by atoms with van der Waals surface area (Å²) in [6.45, 7) is 4.83. The third-order valence-corrected chi connectivity index (χ3v) is 4.60. The van der Waals surface area contributed by atoms with Gasteiger partial charge in [-0.05, 0) is 31.0 Å². The van der Waals surface area contributed by atoms with Gasteiger partial charge in [0.05, 0.1) is 20.3 Å². The predicted octanol–water partition coefficient (Wildman–Crippen LogP) is 3.79. The van der Waals surface area contributed by atoms with Gasteiger partial charge in [0.2, 0.25) is 0 Å². The Labute approximate surface area is 147 Å². The Balaban J connectivity index is 1.85. The van der Waals surface area contributed by atoms with E-state index in [0.717, 1.165) is 24.3 Å². The highest BCUT2D eigenvalue weighted by Crippen LogP contribution is 2.35. The number of benzene rings is 1. The van der Waals surface area contributed by atoms with Crippen molar-refractivity contribution in [3.63, 3.8) is 0 Å². The minimum atomic E-state index is -0.0446. The lowest BCUT2D eigenvalue weighted by atomic mass is 10.1. The van der Waals surface area contributed by atoms with Crippen molar-refractivity contribution in [3.8, 4) is 11.5 Å². The highest BCUT2D eigenvalue weighted by atomic mass is 16.5. The molecular weight excluding hydrogens is 320 g/mol. The van der Waals surface area contributed by atoms with E-state index in [0.29, 0.717) is 23.6 Å². The van der Waals surface area contributed by atoms with Crippen molar-refractivity contribution in [3.05, 3.63) is 41.3 Å². The SMILES string of the molecule is COc1ccc(C(=O)N2CCCC2c2cc(C(C)C)on2)cc1OC. The zero-order valence-electron chi connectivity index (χ0n) is 15.1. The molecule has 1 aromatic carbocycles. The molecule has 3 rings (SSSR count). The van der Waals surface area contributed by atoms with E-state index in [4.69, 9.17) is 14.0 Å². The largest absolute Gasteiger partial charge is 0.493 e. The van der Waals surface area contributed by atoms with E-state index in [1.54, 1.807) is 32.4 Å². The fraction of sp³-hybridized carbons (Fsp3) is 0.474. The number of carbonyl (C=O) groups is 1. The maximum Gasteiger partial charge on any atom is 0.254 e. The zero-order valence-corrected chi connectivity index (χ0v) is 15.1. The molecule has 0 N–H and O–H groups in total. The second-order valence-corrected chi connectivity index (χ2v) is 6.54. The number of amides is 1. The van der Waals surface area contributed by atoms with Gasteiger partial charge in [0, 0.05) is 24.1 Å².